The minimum atomic E-state index is -0.803. The van der Waals surface area contributed by atoms with E-state index in [0.717, 1.165) is 22.6 Å². The predicted octanol–water partition coefficient (Wildman–Crippen LogP) is 3.33. The molecule has 0 heterocycles. The molecule has 7 nitrogen and oxygen atoms in total. The monoisotopic (exact) mass is 444 g/mol. The normalized spacial score (nSPS) is 13.2. The molecule has 2 rings (SSSR count). The summed E-state index contributed by atoms with van der Waals surface area (Å²) in [4.78, 5) is 12.3. The van der Waals surface area contributed by atoms with E-state index < -0.39 is 23.8 Å². The molecule has 0 fully saturated rings. The van der Waals surface area contributed by atoms with E-state index in [0.29, 0.717) is 25.9 Å². The number of hydrogen-bond donors (Lipinski definition) is 3. The number of nitrogens with one attached hydrogen (secondary N) is 2. The molecule has 0 aliphatic heterocycles. The summed E-state index contributed by atoms with van der Waals surface area (Å²) in [6.45, 7) is 6.34. The number of carbonyl (C=O) groups is 1. The summed E-state index contributed by atoms with van der Waals surface area (Å²) in [6, 6.07) is 14.9. The first-order valence-electron chi connectivity index (χ1n) is 10.9. The largest absolute Gasteiger partial charge is 0.496 e. The Morgan fingerprint density at radius 1 is 1.00 bits per heavy atom. The van der Waals surface area contributed by atoms with Gasteiger partial charge in [-0.15, -0.1) is 0 Å². The lowest BCUT2D eigenvalue weighted by Gasteiger charge is -2.27. The van der Waals surface area contributed by atoms with E-state index in [1.54, 1.807) is 14.2 Å². The van der Waals surface area contributed by atoms with Gasteiger partial charge in [0.15, 0.2) is 0 Å². The van der Waals surface area contributed by atoms with E-state index >= 15 is 0 Å². The minimum Gasteiger partial charge on any atom is -0.496 e. The van der Waals surface area contributed by atoms with Gasteiger partial charge in [-0.2, -0.15) is 0 Å². The standard InChI is InChI=1S/C25H36N2O5/c1-25(2,3)32-24(29)27-20(16-18-10-7-6-8-11-18)21(28)17-26-15-14-19-22(30-4)12-9-13-23(19)31-5/h6-13,20-21,26,28H,14-17H2,1-5H3,(H,27,29)/t20-,21+/m0/s1. The minimum absolute atomic E-state index is 0.310. The maximum Gasteiger partial charge on any atom is 0.407 e. The number of ether oxygens (including phenoxy) is 3. The topological polar surface area (TPSA) is 89.0 Å². The van der Waals surface area contributed by atoms with Crippen LogP contribution in [-0.4, -0.2) is 56.3 Å². The zero-order valence-electron chi connectivity index (χ0n) is 19.7. The molecule has 2 aromatic carbocycles. The molecular formula is C25H36N2O5. The highest BCUT2D eigenvalue weighted by Crippen LogP contribution is 2.28. The van der Waals surface area contributed by atoms with Crippen LogP contribution in [0.4, 0.5) is 4.79 Å². The lowest BCUT2D eigenvalue weighted by Crippen LogP contribution is -2.50. The van der Waals surface area contributed by atoms with E-state index in [4.69, 9.17) is 14.2 Å². The first-order valence-corrected chi connectivity index (χ1v) is 10.9. The fraction of sp³-hybridized carbons (Fsp3) is 0.480. The number of hydrogen-bond acceptors (Lipinski definition) is 6. The summed E-state index contributed by atoms with van der Waals surface area (Å²) in [6.07, 6.45) is -0.190. The van der Waals surface area contributed by atoms with Crippen molar-refractivity contribution in [3.8, 4) is 11.5 Å². The molecular weight excluding hydrogens is 408 g/mol. The lowest BCUT2D eigenvalue weighted by atomic mass is 10.0. The Labute approximate surface area is 191 Å². The van der Waals surface area contributed by atoms with Gasteiger partial charge in [-0.25, -0.2) is 4.79 Å². The zero-order valence-corrected chi connectivity index (χ0v) is 19.7. The Hall–Kier alpha value is -2.77. The quantitative estimate of drug-likeness (QED) is 0.461. The van der Waals surface area contributed by atoms with Crippen molar-refractivity contribution in [3.05, 3.63) is 59.7 Å². The highest BCUT2D eigenvalue weighted by Gasteiger charge is 2.25. The van der Waals surface area contributed by atoms with Crippen LogP contribution in [0.15, 0.2) is 48.5 Å². The van der Waals surface area contributed by atoms with Crippen LogP contribution in [0.1, 0.15) is 31.9 Å². The summed E-state index contributed by atoms with van der Waals surface area (Å²) in [5, 5.41) is 16.9. The van der Waals surface area contributed by atoms with Crippen molar-refractivity contribution in [2.24, 2.45) is 0 Å². The van der Waals surface area contributed by atoms with Crippen molar-refractivity contribution in [3.63, 3.8) is 0 Å². The molecule has 0 unspecified atom stereocenters. The van der Waals surface area contributed by atoms with Gasteiger partial charge in [-0.3, -0.25) is 0 Å². The van der Waals surface area contributed by atoms with Gasteiger partial charge in [0.25, 0.3) is 0 Å². The van der Waals surface area contributed by atoms with Crippen LogP contribution >= 0.6 is 0 Å². The van der Waals surface area contributed by atoms with Crippen LogP contribution < -0.4 is 20.1 Å². The number of methoxy groups -OCH3 is 2. The van der Waals surface area contributed by atoms with E-state index in [-0.39, 0.29) is 0 Å². The molecule has 0 radical (unpaired) electrons. The van der Waals surface area contributed by atoms with Gasteiger partial charge in [-0.1, -0.05) is 36.4 Å². The van der Waals surface area contributed by atoms with Gasteiger partial charge in [-0.05, 0) is 57.9 Å². The van der Waals surface area contributed by atoms with Crippen molar-refractivity contribution < 1.29 is 24.1 Å². The van der Waals surface area contributed by atoms with Crippen molar-refractivity contribution in [1.82, 2.24) is 10.6 Å². The van der Waals surface area contributed by atoms with Crippen LogP contribution in [0.5, 0.6) is 11.5 Å². The van der Waals surface area contributed by atoms with E-state index in [2.05, 4.69) is 10.6 Å². The number of aliphatic hydroxyl groups excluding tert-OH is 1. The smallest absolute Gasteiger partial charge is 0.407 e. The Morgan fingerprint density at radius 3 is 2.19 bits per heavy atom. The van der Waals surface area contributed by atoms with Gasteiger partial charge < -0.3 is 30.0 Å². The molecule has 2 atom stereocenters. The van der Waals surface area contributed by atoms with E-state index in [1.807, 2.05) is 69.3 Å². The Bertz CT molecular complexity index is 814. The average Bonchev–Trinajstić information content (AvgIpc) is 2.75. The van der Waals surface area contributed by atoms with Crippen molar-refractivity contribution >= 4 is 6.09 Å². The summed E-state index contributed by atoms with van der Waals surface area (Å²) in [5.41, 5.74) is 1.37. The Morgan fingerprint density at radius 2 is 1.62 bits per heavy atom. The third-order valence-corrected chi connectivity index (χ3v) is 4.90. The number of aliphatic hydroxyl groups is 1. The molecule has 3 N–H and O–H groups in total. The van der Waals surface area contributed by atoms with Crippen molar-refractivity contribution in [1.29, 1.82) is 0 Å². The molecule has 0 aliphatic rings. The van der Waals surface area contributed by atoms with E-state index in [1.165, 1.54) is 0 Å². The number of carbonyl (C=O) groups excluding carboxylic acids is 1. The zero-order chi connectivity index (χ0) is 23.6. The first kappa shape index (κ1) is 25.5. The number of amides is 1. The highest BCUT2D eigenvalue weighted by molar-refractivity contribution is 5.68. The molecule has 0 aromatic heterocycles. The van der Waals surface area contributed by atoms with Gasteiger partial charge >= 0.3 is 6.09 Å². The van der Waals surface area contributed by atoms with Crippen LogP contribution in [0.3, 0.4) is 0 Å². The molecule has 7 heteroatoms. The fourth-order valence-corrected chi connectivity index (χ4v) is 3.39. The highest BCUT2D eigenvalue weighted by atomic mass is 16.6. The average molecular weight is 445 g/mol. The summed E-state index contributed by atoms with van der Waals surface area (Å²) < 4.78 is 16.3. The Balaban J connectivity index is 1.97. The maximum absolute atomic E-state index is 12.3. The van der Waals surface area contributed by atoms with Gasteiger partial charge in [0.1, 0.15) is 17.1 Å². The van der Waals surface area contributed by atoms with Crippen LogP contribution in [0, 0.1) is 0 Å². The van der Waals surface area contributed by atoms with Gasteiger partial charge in [0.05, 0.1) is 26.4 Å². The third kappa shape index (κ3) is 8.40. The van der Waals surface area contributed by atoms with Gasteiger partial charge in [0, 0.05) is 12.1 Å². The molecule has 0 saturated heterocycles. The molecule has 176 valence electrons. The second-order valence-electron chi connectivity index (χ2n) is 8.61. The molecule has 32 heavy (non-hydrogen) atoms. The molecule has 0 spiro atoms. The van der Waals surface area contributed by atoms with Crippen LogP contribution in [-0.2, 0) is 17.6 Å². The molecule has 0 aliphatic carbocycles. The number of benzene rings is 2. The molecule has 0 saturated carbocycles. The van der Waals surface area contributed by atoms with E-state index in [9.17, 15) is 9.90 Å². The summed E-state index contributed by atoms with van der Waals surface area (Å²) in [5.74, 6) is 1.53. The molecule has 2 aromatic rings. The van der Waals surface area contributed by atoms with Crippen LogP contribution in [0.25, 0.3) is 0 Å². The van der Waals surface area contributed by atoms with Crippen molar-refractivity contribution in [2.45, 2.75) is 51.4 Å². The van der Waals surface area contributed by atoms with Crippen LogP contribution in [0.2, 0.25) is 0 Å². The van der Waals surface area contributed by atoms with Crippen molar-refractivity contribution in [2.75, 3.05) is 27.3 Å². The number of alkyl carbamates (subject to hydrolysis) is 1. The van der Waals surface area contributed by atoms with Gasteiger partial charge in [0.2, 0.25) is 0 Å². The second kappa shape index (κ2) is 12.3. The first-order chi connectivity index (χ1) is 15.2. The lowest BCUT2D eigenvalue weighted by molar-refractivity contribution is 0.0423. The summed E-state index contributed by atoms with van der Waals surface area (Å²) >= 11 is 0. The number of rotatable bonds is 11. The molecule has 1 amide bonds. The third-order valence-electron chi connectivity index (χ3n) is 4.90. The second-order valence-corrected chi connectivity index (χ2v) is 8.61. The molecule has 0 bridgehead atoms. The fourth-order valence-electron chi connectivity index (χ4n) is 3.39. The SMILES string of the molecule is COc1cccc(OC)c1CCNC[C@@H](O)[C@H](Cc1ccccc1)NC(=O)OC(C)(C)C. The maximum atomic E-state index is 12.3. The predicted molar refractivity (Wildman–Crippen MR) is 125 cm³/mol. The summed E-state index contributed by atoms with van der Waals surface area (Å²) in [7, 11) is 3.26. The Kier molecular flexibility index (Phi) is 9.81.